The molecule has 28 heavy (non-hydrogen) atoms. The van der Waals surface area contributed by atoms with Crippen LogP contribution in [0, 0.1) is 17.3 Å². The maximum Gasteiger partial charge on any atom is 0.255 e. The Kier molecular flexibility index (Phi) is 4.85. The number of amides is 3. The number of pyridine rings is 1. The van der Waals surface area contributed by atoms with Crippen molar-refractivity contribution in [3.63, 3.8) is 0 Å². The number of fused-ring (bicyclic) bond motifs is 1. The summed E-state index contributed by atoms with van der Waals surface area (Å²) in [7, 11) is 0. The maximum atomic E-state index is 13.5. The van der Waals surface area contributed by atoms with Crippen LogP contribution in [0.3, 0.4) is 0 Å². The van der Waals surface area contributed by atoms with Gasteiger partial charge in [-0.2, -0.15) is 0 Å². The van der Waals surface area contributed by atoms with Gasteiger partial charge in [0.1, 0.15) is 0 Å². The minimum Gasteiger partial charge on any atom is -0.342 e. The molecule has 3 aliphatic rings. The maximum absolute atomic E-state index is 13.5. The number of rotatable bonds is 3. The number of aromatic nitrogens is 1. The van der Waals surface area contributed by atoms with Crippen LogP contribution in [0.4, 0.5) is 0 Å². The van der Waals surface area contributed by atoms with Crippen molar-refractivity contribution in [3.8, 4) is 0 Å². The van der Waals surface area contributed by atoms with Crippen LogP contribution in [0.25, 0.3) is 0 Å². The van der Waals surface area contributed by atoms with Crippen LogP contribution in [-0.4, -0.2) is 76.7 Å². The van der Waals surface area contributed by atoms with Crippen LogP contribution in [0.5, 0.6) is 0 Å². The second-order valence-electron chi connectivity index (χ2n) is 8.65. The van der Waals surface area contributed by atoms with Gasteiger partial charge in [0.15, 0.2) is 0 Å². The molecule has 3 saturated heterocycles. The van der Waals surface area contributed by atoms with E-state index in [9.17, 15) is 14.4 Å². The zero-order chi connectivity index (χ0) is 19.9. The third-order valence-corrected chi connectivity index (χ3v) is 6.43. The summed E-state index contributed by atoms with van der Waals surface area (Å²) < 4.78 is 0. The van der Waals surface area contributed by atoms with Gasteiger partial charge in [-0.05, 0) is 25.0 Å². The van der Waals surface area contributed by atoms with Gasteiger partial charge in [-0.15, -0.1) is 0 Å². The molecule has 0 saturated carbocycles. The number of carbonyl (C=O) groups excluding carboxylic acids is 3. The fraction of sp³-hybridized carbons (Fsp3) is 0.619. The molecule has 2 atom stereocenters. The topological polar surface area (TPSA) is 73.8 Å². The lowest BCUT2D eigenvalue weighted by atomic mass is 9.79. The van der Waals surface area contributed by atoms with Gasteiger partial charge in [0.05, 0.1) is 11.0 Å². The third kappa shape index (κ3) is 3.06. The van der Waals surface area contributed by atoms with E-state index < -0.39 is 5.41 Å². The molecule has 3 fully saturated rings. The van der Waals surface area contributed by atoms with Crippen molar-refractivity contribution >= 4 is 17.7 Å². The number of likely N-dealkylation sites (tertiary alicyclic amines) is 3. The molecule has 1 aromatic rings. The van der Waals surface area contributed by atoms with Gasteiger partial charge < -0.3 is 14.7 Å². The van der Waals surface area contributed by atoms with E-state index in [4.69, 9.17) is 0 Å². The lowest BCUT2D eigenvalue weighted by molar-refractivity contribution is -0.141. The van der Waals surface area contributed by atoms with Crippen molar-refractivity contribution in [3.05, 3.63) is 30.1 Å². The summed E-state index contributed by atoms with van der Waals surface area (Å²) in [5.74, 6) is 0.0244. The van der Waals surface area contributed by atoms with E-state index in [1.165, 1.54) is 0 Å². The largest absolute Gasteiger partial charge is 0.342 e. The van der Waals surface area contributed by atoms with Crippen molar-refractivity contribution in [2.45, 2.75) is 26.7 Å². The Morgan fingerprint density at radius 3 is 2.39 bits per heavy atom. The number of carbonyl (C=O) groups is 3. The van der Waals surface area contributed by atoms with Crippen LogP contribution in [-0.2, 0) is 9.59 Å². The molecule has 4 heterocycles. The molecular weight excluding hydrogens is 356 g/mol. The molecule has 7 heteroatoms. The van der Waals surface area contributed by atoms with Gasteiger partial charge in [-0.25, -0.2) is 0 Å². The number of nitrogens with zero attached hydrogens (tertiary/aromatic N) is 4. The predicted octanol–water partition coefficient (Wildman–Crippen LogP) is 1.26. The lowest BCUT2D eigenvalue weighted by Gasteiger charge is -2.32. The van der Waals surface area contributed by atoms with Crippen LogP contribution in [0.15, 0.2) is 24.5 Å². The first-order valence-electron chi connectivity index (χ1n) is 10.2. The van der Waals surface area contributed by atoms with Crippen molar-refractivity contribution < 1.29 is 14.4 Å². The summed E-state index contributed by atoms with van der Waals surface area (Å²) in [4.78, 5) is 48.7. The Labute approximate surface area is 165 Å². The Morgan fingerprint density at radius 2 is 1.75 bits per heavy atom. The molecule has 0 bridgehead atoms. The molecular formula is C21H28N4O3. The summed E-state index contributed by atoms with van der Waals surface area (Å²) in [6, 6.07) is 3.51. The van der Waals surface area contributed by atoms with Crippen molar-refractivity contribution in [2.24, 2.45) is 17.3 Å². The zero-order valence-corrected chi connectivity index (χ0v) is 16.6. The lowest BCUT2D eigenvalue weighted by Crippen LogP contribution is -2.49. The van der Waals surface area contributed by atoms with Gasteiger partial charge in [-0.3, -0.25) is 19.4 Å². The first kappa shape index (κ1) is 18.9. The van der Waals surface area contributed by atoms with E-state index >= 15 is 0 Å². The first-order chi connectivity index (χ1) is 13.4. The Balaban J connectivity index is 1.60. The normalized spacial score (nSPS) is 26.8. The monoisotopic (exact) mass is 384 g/mol. The van der Waals surface area contributed by atoms with E-state index in [0.29, 0.717) is 31.7 Å². The molecule has 0 unspecified atom stereocenters. The van der Waals surface area contributed by atoms with Crippen molar-refractivity contribution in [1.82, 2.24) is 19.7 Å². The van der Waals surface area contributed by atoms with Gasteiger partial charge in [-0.1, -0.05) is 13.8 Å². The van der Waals surface area contributed by atoms with E-state index in [1.807, 2.05) is 23.6 Å². The van der Waals surface area contributed by atoms with Crippen LogP contribution < -0.4 is 0 Å². The molecule has 0 N–H and O–H groups in total. The molecule has 4 rings (SSSR count). The zero-order valence-electron chi connectivity index (χ0n) is 16.6. The summed E-state index contributed by atoms with van der Waals surface area (Å²) in [6.45, 7) is 7.20. The van der Waals surface area contributed by atoms with Gasteiger partial charge >= 0.3 is 0 Å². The van der Waals surface area contributed by atoms with E-state index in [0.717, 1.165) is 25.9 Å². The van der Waals surface area contributed by atoms with Crippen molar-refractivity contribution in [2.75, 3.05) is 39.3 Å². The fourth-order valence-electron chi connectivity index (χ4n) is 4.96. The highest BCUT2D eigenvalue weighted by atomic mass is 16.2. The Hall–Kier alpha value is -2.44. The van der Waals surface area contributed by atoms with E-state index in [1.54, 1.807) is 29.4 Å². The Bertz CT molecular complexity index is 775. The predicted molar refractivity (Wildman–Crippen MR) is 103 cm³/mol. The first-order valence-corrected chi connectivity index (χ1v) is 10.2. The number of hydrogen-bond acceptors (Lipinski definition) is 4. The van der Waals surface area contributed by atoms with Gasteiger partial charge in [0, 0.05) is 63.5 Å². The summed E-state index contributed by atoms with van der Waals surface area (Å²) in [5.41, 5.74) is -0.131. The average Bonchev–Trinajstić information content (AvgIpc) is 3.41. The highest BCUT2D eigenvalue weighted by molar-refractivity contribution is 5.95. The van der Waals surface area contributed by atoms with Crippen LogP contribution in [0.2, 0.25) is 0 Å². The van der Waals surface area contributed by atoms with Gasteiger partial charge in [0.2, 0.25) is 11.8 Å². The Morgan fingerprint density at radius 1 is 1.07 bits per heavy atom. The fourth-order valence-corrected chi connectivity index (χ4v) is 4.96. The van der Waals surface area contributed by atoms with Crippen molar-refractivity contribution in [1.29, 1.82) is 0 Å². The number of hydrogen-bond donors (Lipinski definition) is 0. The summed E-state index contributed by atoms with van der Waals surface area (Å²) in [5, 5.41) is 0. The molecule has 3 amide bonds. The molecule has 7 nitrogen and oxygen atoms in total. The SMILES string of the molecule is CC(C)C(=O)N1C[C@H]2CN(C(=O)c3cccnc3)C[C@@]2(C(=O)N2CCCC2)C1. The molecule has 0 aliphatic carbocycles. The smallest absolute Gasteiger partial charge is 0.255 e. The highest BCUT2D eigenvalue weighted by Crippen LogP contribution is 2.45. The second kappa shape index (κ2) is 7.18. The van der Waals surface area contributed by atoms with E-state index in [2.05, 4.69) is 4.98 Å². The van der Waals surface area contributed by atoms with E-state index in [-0.39, 0.29) is 29.6 Å². The molecule has 0 spiro atoms. The minimum atomic E-state index is -0.674. The molecule has 150 valence electrons. The summed E-state index contributed by atoms with van der Waals surface area (Å²) in [6.07, 6.45) is 5.27. The minimum absolute atomic E-state index is 0.0103. The second-order valence-corrected chi connectivity index (χ2v) is 8.65. The molecule has 0 aromatic carbocycles. The highest BCUT2D eigenvalue weighted by Gasteiger charge is 2.60. The standard InChI is InChI=1S/C21H28N4O3/c1-15(2)18(26)24-11-17-12-25(19(27)16-6-5-7-22-10-16)14-21(17,13-24)20(28)23-8-3-4-9-23/h5-7,10,15,17H,3-4,8-9,11-14H2,1-2H3/t17-,21-/m0/s1. The van der Waals surface area contributed by atoms with Crippen LogP contribution >= 0.6 is 0 Å². The quantitative estimate of drug-likeness (QED) is 0.786. The molecule has 3 aliphatic heterocycles. The van der Waals surface area contributed by atoms with Crippen LogP contribution in [0.1, 0.15) is 37.0 Å². The summed E-state index contributed by atoms with van der Waals surface area (Å²) >= 11 is 0. The molecule has 0 radical (unpaired) electrons. The van der Waals surface area contributed by atoms with Gasteiger partial charge in [0.25, 0.3) is 5.91 Å². The average molecular weight is 384 g/mol. The third-order valence-electron chi connectivity index (χ3n) is 6.43. The molecule has 1 aromatic heterocycles.